The summed E-state index contributed by atoms with van der Waals surface area (Å²) < 4.78 is 27.8. The Morgan fingerprint density at radius 1 is 1.07 bits per heavy atom. The van der Waals surface area contributed by atoms with Gasteiger partial charge in [0.2, 0.25) is 10.0 Å². The summed E-state index contributed by atoms with van der Waals surface area (Å²) in [4.78, 5) is 26.8. The molecule has 2 N–H and O–H groups in total. The van der Waals surface area contributed by atoms with Gasteiger partial charge in [0.25, 0.3) is 5.91 Å². The largest absolute Gasteiger partial charge is 0.356 e. The Morgan fingerprint density at radius 2 is 1.75 bits per heavy atom. The van der Waals surface area contributed by atoms with E-state index in [0.29, 0.717) is 29.9 Å². The van der Waals surface area contributed by atoms with Gasteiger partial charge in [0, 0.05) is 30.5 Å². The van der Waals surface area contributed by atoms with Gasteiger partial charge in [0.1, 0.15) is 5.69 Å². The third kappa shape index (κ3) is 4.34. The molecule has 2 heterocycles. The van der Waals surface area contributed by atoms with E-state index in [1.807, 2.05) is 0 Å². The molecule has 0 bridgehead atoms. The molecule has 1 fully saturated rings. The number of ketones is 1. The summed E-state index contributed by atoms with van der Waals surface area (Å²) in [5.74, 6) is -0.578. The minimum Gasteiger partial charge on any atom is -0.356 e. The SMILES string of the molecule is CC(=O)c1c[nH]c(C(=O)Nc2ccc(C)c(S(=O)(=O)N3CCCCCC3)c2)c1. The fourth-order valence-corrected chi connectivity index (χ4v) is 5.07. The average molecular weight is 404 g/mol. The number of rotatable bonds is 5. The zero-order valence-corrected chi connectivity index (χ0v) is 16.9. The molecule has 1 aliphatic rings. The summed E-state index contributed by atoms with van der Waals surface area (Å²) in [6.07, 6.45) is 5.28. The Morgan fingerprint density at radius 3 is 2.36 bits per heavy atom. The highest BCUT2D eigenvalue weighted by molar-refractivity contribution is 7.89. The number of amides is 1. The van der Waals surface area contributed by atoms with E-state index < -0.39 is 15.9 Å². The number of carbonyl (C=O) groups excluding carboxylic acids is 2. The Hall–Kier alpha value is -2.45. The standard InChI is InChI=1S/C20H25N3O4S/c1-14-7-8-17(22-20(25)18-11-16(13-21-18)15(2)24)12-19(14)28(26,27)23-9-5-3-4-6-10-23/h7-8,11-13,21H,3-6,9-10H2,1-2H3,(H,22,25). The number of anilines is 1. The molecule has 1 aromatic carbocycles. The maximum atomic E-state index is 13.1. The number of Topliss-reactive ketones (excluding diaryl/α,β-unsaturated/α-hetero) is 1. The molecule has 1 aromatic heterocycles. The summed E-state index contributed by atoms with van der Waals surface area (Å²) in [7, 11) is -3.62. The van der Waals surface area contributed by atoms with Crippen molar-refractivity contribution in [2.45, 2.75) is 44.4 Å². The van der Waals surface area contributed by atoms with Gasteiger partial charge in [-0.2, -0.15) is 4.31 Å². The number of nitrogens with zero attached hydrogens (tertiary/aromatic N) is 1. The normalized spacial score (nSPS) is 15.8. The molecule has 0 atom stereocenters. The van der Waals surface area contributed by atoms with Gasteiger partial charge in [-0.1, -0.05) is 18.9 Å². The van der Waals surface area contributed by atoms with Gasteiger partial charge in [0.05, 0.1) is 4.90 Å². The molecular formula is C20H25N3O4S. The highest BCUT2D eigenvalue weighted by atomic mass is 32.2. The van der Waals surface area contributed by atoms with Crippen molar-refractivity contribution in [3.8, 4) is 0 Å². The molecule has 0 radical (unpaired) electrons. The van der Waals surface area contributed by atoms with E-state index in [4.69, 9.17) is 0 Å². The molecule has 150 valence electrons. The van der Waals surface area contributed by atoms with Crippen LogP contribution in [0.2, 0.25) is 0 Å². The number of benzene rings is 1. The second-order valence-electron chi connectivity index (χ2n) is 7.11. The maximum absolute atomic E-state index is 13.1. The van der Waals surface area contributed by atoms with Crippen LogP contribution in [0.15, 0.2) is 35.4 Å². The van der Waals surface area contributed by atoms with E-state index in [2.05, 4.69) is 10.3 Å². The number of carbonyl (C=O) groups is 2. The van der Waals surface area contributed by atoms with Crippen LogP contribution in [-0.4, -0.2) is 42.5 Å². The van der Waals surface area contributed by atoms with Crippen LogP contribution in [0.5, 0.6) is 0 Å². The van der Waals surface area contributed by atoms with E-state index >= 15 is 0 Å². The number of aromatic amines is 1. The summed E-state index contributed by atoms with van der Waals surface area (Å²) in [6, 6.07) is 6.34. The number of hydrogen-bond donors (Lipinski definition) is 2. The van der Waals surface area contributed by atoms with E-state index in [-0.39, 0.29) is 16.4 Å². The lowest BCUT2D eigenvalue weighted by Crippen LogP contribution is -2.32. The van der Waals surface area contributed by atoms with Crippen LogP contribution in [-0.2, 0) is 10.0 Å². The molecule has 3 rings (SSSR count). The van der Waals surface area contributed by atoms with Gasteiger partial charge in [-0.25, -0.2) is 8.42 Å². The van der Waals surface area contributed by atoms with Gasteiger partial charge in [-0.3, -0.25) is 9.59 Å². The average Bonchev–Trinajstić information content (AvgIpc) is 2.99. The first-order chi connectivity index (χ1) is 13.3. The van der Waals surface area contributed by atoms with E-state index in [0.717, 1.165) is 25.7 Å². The summed E-state index contributed by atoms with van der Waals surface area (Å²) >= 11 is 0. The topological polar surface area (TPSA) is 99.3 Å². The molecule has 0 aliphatic carbocycles. The lowest BCUT2D eigenvalue weighted by molar-refractivity contribution is 0.101. The predicted octanol–water partition coefficient (Wildman–Crippen LogP) is 3.34. The van der Waals surface area contributed by atoms with Crippen molar-refractivity contribution >= 4 is 27.4 Å². The molecule has 0 unspecified atom stereocenters. The molecule has 0 saturated carbocycles. The highest BCUT2D eigenvalue weighted by Crippen LogP contribution is 2.26. The number of hydrogen-bond acceptors (Lipinski definition) is 4. The van der Waals surface area contributed by atoms with E-state index in [9.17, 15) is 18.0 Å². The number of sulfonamides is 1. The second-order valence-corrected chi connectivity index (χ2v) is 9.02. The zero-order chi connectivity index (χ0) is 20.3. The quantitative estimate of drug-likeness (QED) is 0.748. The van der Waals surface area contributed by atoms with Gasteiger partial charge in [-0.05, 0) is 50.5 Å². The second kappa shape index (κ2) is 8.28. The molecular weight excluding hydrogens is 378 g/mol. The minimum absolute atomic E-state index is 0.142. The van der Waals surface area contributed by atoms with Gasteiger partial charge in [0.15, 0.2) is 5.78 Å². The molecule has 28 heavy (non-hydrogen) atoms. The molecule has 1 amide bonds. The first-order valence-electron chi connectivity index (χ1n) is 9.40. The summed E-state index contributed by atoms with van der Waals surface area (Å²) in [5, 5.41) is 2.70. The van der Waals surface area contributed by atoms with Crippen molar-refractivity contribution in [1.82, 2.24) is 9.29 Å². The molecule has 7 nitrogen and oxygen atoms in total. The molecule has 1 aliphatic heterocycles. The molecule has 1 saturated heterocycles. The van der Waals surface area contributed by atoms with Crippen LogP contribution in [0.1, 0.15) is 59.0 Å². The molecule has 0 spiro atoms. The number of aromatic nitrogens is 1. The van der Waals surface area contributed by atoms with Crippen molar-refractivity contribution in [2.75, 3.05) is 18.4 Å². The summed E-state index contributed by atoms with van der Waals surface area (Å²) in [5.41, 5.74) is 1.69. The van der Waals surface area contributed by atoms with Crippen molar-refractivity contribution in [3.63, 3.8) is 0 Å². The van der Waals surface area contributed by atoms with Gasteiger partial charge in [-0.15, -0.1) is 0 Å². The Kier molecular flexibility index (Phi) is 6.00. The first kappa shape index (κ1) is 20.3. The first-order valence-corrected chi connectivity index (χ1v) is 10.8. The van der Waals surface area contributed by atoms with Crippen LogP contribution in [0.3, 0.4) is 0 Å². The Labute approximate surface area is 165 Å². The zero-order valence-electron chi connectivity index (χ0n) is 16.1. The molecule has 2 aromatic rings. The third-order valence-corrected chi connectivity index (χ3v) is 7.00. The fourth-order valence-electron chi connectivity index (χ4n) is 3.30. The number of aryl methyl sites for hydroxylation is 1. The van der Waals surface area contributed by atoms with E-state index in [1.165, 1.54) is 29.6 Å². The smallest absolute Gasteiger partial charge is 0.272 e. The van der Waals surface area contributed by atoms with Crippen LogP contribution in [0, 0.1) is 6.92 Å². The fraction of sp³-hybridized carbons (Fsp3) is 0.400. The van der Waals surface area contributed by atoms with Crippen molar-refractivity contribution in [3.05, 3.63) is 47.3 Å². The Balaban J connectivity index is 1.84. The van der Waals surface area contributed by atoms with Crippen molar-refractivity contribution < 1.29 is 18.0 Å². The lowest BCUT2D eigenvalue weighted by Gasteiger charge is -2.21. The highest BCUT2D eigenvalue weighted by Gasteiger charge is 2.27. The van der Waals surface area contributed by atoms with Crippen molar-refractivity contribution in [1.29, 1.82) is 0 Å². The number of H-pyrrole nitrogens is 1. The lowest BCUT2D eigenvalue weighted by atomic mass is 10.2. The van der Waals surface area contributed by atoms with E-state index in [1.54, 1.807) is 19.1 Å². The Bertz CT molecular complexity index is 987. The number of nitrogens with one attached hydrogen (secondary N) is 2. The predicted molar refractivity (Wildman–Crippen MR) is 107 cm³/mol. The van der Waals surface area contributed by atoms with Crippen LogP contribution >= 0.6 is 0 Å². The monoisotopic (exact) mass is 403 g/mol. The third-order valence-electron chi connectivity index (χ3n) is 4.96. The van der Waals surface area contributed by atoms with Gasteiger partial charge >= 0.3 is 0 Å². The van der Waals surface area contributed by atoms with Gasteiger partial charge < -0.3 is 10.3 Å². The summed E-state index contributed by atoms with van der Waals surface area (Å²) in [6.45, 7) is 4.22. The van der Waals surface area contributed by atoms with Crippen LogP contribution < -0.4 is 5.32 Å². The maximum Gasteiger partial charge on any atom is 0.272 e. The van der Waals surface area contributed by atoms with Crippen LogP contribution in [0.4, 0.5) is 5.69 Å². The minimum atomic E-state index is -3.62. The van der Waals surface area contributed by atoms with Crippen LogP contribution in [0.25, 0.3) is 0 Å². The molecule has 8 heteroatoms. The van der Waals surface area contributed by atoms with Crippen molar-refractivity contribution in [2.24, 2.45) is 0 Å².